The summed E-state index contributed by atoms with van der Waals surface area (Å²) < 4.78 is 12.9. The molecule has 118 valence electrons. The van der Waals surface area contributed by atoms with Crippen LogP contribution < -0.4 is 5.32 Å². The molecule has 3 atom stereocenters. The second-order valence-electron chi connectivity index (χ2n) is 6.15. The topological polar surface area (TPSA) is 30.5 Å². The molecule has 5 heteroatoms. The largest absolute Gasteiger partial charge is 0.378 e. The Labute approximate surface area is 139 Å². The lowest BCUT2D eigenvalue weighted by atomic mass is 9.80. The molecule has 3 heterocycles. The molecule has 1 N–H and O–H groups in total. The van der Waals surface area contributed by atoms with Gasteiger partial charge in [0, 0.05) is 35.0 Å². The molecule has 2 fully saturated rings. The van der Waals surface area contributed by atoms with Crippen LogP contribution in [0.5, 0.6) is 0 Å². The number of rotatable bonds is 5. The maximum atomic E-state index is 6.10. The van der Waals surface area contributed by atoms with E-state index in [0.717, 1.165) is 52.0 Å². The van der Waals surface area contributed by atoms with Crippen LogP contribution in [0.15, 0.2) is 15.9 Å². The van der Waals surface area contributed by atoms with Crippen molar-refractivity contribution in [3.05, 3.63) is 20.8 Å². The SMILES string of the molecule is CCCNC(c1sccc1Br)C1CCOC2(CCOC2)C1. The van der Waals surface area contributed by atoms with Gasteiger partial charge in [-0.05, 0) is 59.1 Å². The zero-order valence-corrected chi connectivity index (χ0v) is 15.0. The number of hydrogen-bond donors (Lipinski definition) is 1. The molecule has 0 radical (unpaired) electrons. The zero-order valence-electron chi connectivity index (χ0n) is 12.6. The van der Waals surface area contributed by atoms with Crippen molar-refractivity contribution < 1.29 is 9.47 Å². The number of nitrogens with one attached hydrogen (secondary N) is 1. The molecule has 0 saturated carbocycles. The molecular weight excluding hydrogens is 350 g/mol. The molecule has 1 aromatic rings. The Hall–Kier alpha value is 0.0600. The Morgan fingerprint density at radius 2 is 2.43 bits per heavy atom. The molecule has 1 spiro atoms. The molecule has 0 aliphatic carbocycles. The first-order valence-corrected chi connectivity index (χ1v) is 9.59. The van der Waals surface area contributed by atoms with Crippen molar-refractivity contribution in [2.45, 2.75) is 44.2 Å². The number of hydrogen-bond acceptors (Lipinski definition) is 4. The second-order valence-corrected chi connectivity index (χ2v) is 7.95. The Balaban J connectivity index is 1.77. The van der Waals surface area contributed by atoms with Gasteiger partial charge in [0.05, 0.1) is 12.2 Å². The lowest BCUT2D eigenvalue weighted by Gasteiger charge is -2.40. The van der Waals surface area contributed by atoms with Crippen molar-refractivity contribution in [3.8, 4) is 0 Å². The minimum absolute atomic E-state index is 0.0151. The van der Waals surface area contributed by atoms with Crippen LogP contribution in [0.2, 0.25) is 0 Å². The van der Waals surface area contributed by atoms with E-state index in [-0.39, 0.29) is 5.60 Å². The molecule has 3 rings (SSSR count). The first-order chi connectivity index (χ1) is 10.2. The van der Waals surface area contributed by atoms with E-state index in [9.17, 15) is 0 Å². The normalized spacial score (nSPS) is 30.9. The molecule has 21 heavy (non-hydrogen) atoms. The summed E-state index contributed by atoms with van der Waals surface area (Å²) in [6, 6.07) is 2.59. The molecule has 0 bridgehead atoms. The molecule has 3 unspecified atom stereocenters. The molecule has 0 aromatic carbocycles. The summed E-state index contributed by atoms with van der Waals surface area (Å²) in [6.45, 7) is 5.78. The highest BCUT2D eigenvalue weighted by Crippen LogP contribution is 2.43. The summed E-state index contributed by atoms with van der Waals surface area (Å²) in [5, 5.41) is 5.95. The van der Waals surface area contributed by atoms with Gasteiger partial charge in [0.25, 0.3) is 0 Å². The Morgan fingerprint density at radius 1 is 1.52 bits per heavy atom. The van der Waals surface area contributed by atoms with Crippen LogP contribution in [0.1, 0.15) is 43.5 Å². The van der Waals surface area contributed by atoms with Gasteiger partial charge in [0.1, 0.15) is 0 Å². The second kappa shape index (κ2) is 7.09. The number of ether oxygens (including phenoxy) is 2. The van der Waals surface area contributed by atoms with Gasteiger partial charge >= 0.3 is 0 Å². The Morgan fingerprint density at radius 3 is 3.10 bits per heavy atom. The molecule has 2 saturated heterocycles. The van der Waals surface area contributed by atoms with E-state index in [0.29, 0.717) is 12.0 Å². The quantitative estimate of drug-likeness (QED) is 0.841. The van der Waals surface area contributed by atoms with Crippen molar-refractivity contribution in [1.82, 2.24) is 5.32 Å². The number of thiophene rings is 1. The van der Waals surface area contributed by atoms with Gasteiger partial charge in [-0.3, -0.25) is 0 Å². The Bertz CT molecular complexity index is 459. The fraction of sp³-hybridized carbons (Fsp3) is 0.750. The molecular formula is C16H24BrNO2S. The van der Waals surface area contributed by atoms with Crippen LogP contribution in [0.4, 0.5) is 0 Å². The lowest BCUT2D eigenvalue weighted by molar-refractivity contribution is -0.103. The molecule has 1 aromatic heterocycles. The minimum Gasteiger partial charge on any atom is -0.378 e. The fourth-order valence-corrected chi connectivity index (χ4v) is 5.30. The maximum Gasteiger partial charge on any atom is 0.0940 e. The van der Waals surface area contributed by atoms with Gasteiger partial charge in [-0.25, -0.2) is 0 Å². The smallest absolute Gasteiger partial charge is 0.0940 e. The van der Waals surface area contributed by atoms with Crippen LogP contribution >= 0.6 is 27.3 Å². The van der Waals surface area contributed by atoms with Crippen molar-refractivity contribution in [2.24, 2.45) is 5.92 Å². The van der Waals surface area contributed by atoms with Gasteiger partial charge in [-0.2, -0.15) is 0 Å². The third-order valence-electron chi connectivity index (χ3n) is 4.61. The third-order valence-corrected chi connectivity index (χ3v) is 6.57. The van der Waals surface area contributed by atoms with E-state index in [2.05, 4.69) is 39.6 Å². The van der Waals surface area contributed by atoms with Crippen LogP contribution in [-0.2, 0) is 9.47 Å². The molecule has 3 nitrogen and oxygen atoms in total. The predicted molar refractivity (Wildman–Crippen MR) is 89.9 cm³/mol. The Kier molecular flexibility index (Phi) is 5.38. The van der Waals surface area contributed by atoms with Crippen LogP contribution in [0.3, 0.4) is 0 Å². The third kappa shape index (κ3) is 3.53. The molecule has 2 aliphatic heterocycles. The van der Waals surface area contributed by atoms with E-state index < -0.39 is 0 Å². The molecule has 2 aliphatic rings. The minimum atomic E-state index is -0.0151. The first-order valence-electron chi connectivity index (χ1n) is 7.92. The summed E-state index contributed by atoms with van der Waals surface area (Å²) in [6.07, 6.45) is 4.46. The van der Waals surface area contributed by atoms with Gasteiger partial charge in [-0.1, -0.05) is 6.92 Å². The highest BCUT2D eigenvalue weighted by atomic mass is 79.9. The summed E-state index contributed by atoms with van der Waals surface area (Å²) >= 11 is 5.57. The predicted octanol–water partition coefficient (Wildman–Crippen LogP) is 4.14. The van der Waals surface area contributed by atoms with Crippen molar-refractivity contribution >= 4 is 27.3 Å². The summed E-state index contributed by atoms with van der Waals surface area (Å²) in [7, 11) is 0. The van der Waals surface area contributed by atoms with E-state index in [1.807, 2.05) is 11.3 Å². The average molecular weight is 374 g/mol. The van der Waals surface area contributed by atoms with E-state index in [1.165, 1.54) is 9.35 Å². The highest BCUT2D eigenvalue weighted by Gasteiger charge is 2.43. The fourth-order valence-electron chi connectivity index (χ4n) is 3.51. The van der Waals surface area contributed by atoms with E-state index in [4.69, 9.17) is 9.47 Å². The van der Waals surface area contributed by atoms with E-state index in [1.54, 1.807) is 0 Å². The van der Waals surface area contributed by atoms with Crippen LogP contribution in [0, 0.1) is 5.92 Å². The maximum absolute atomic E-state index is 6.10. The summed E-state index contributed by atoms with van der Waals surface area (Å²) in [5.41, 5.74) is -0.0151. The standard InChI is InChI=1S/C16H24BrNO2S/c1-2-6-18-14(15-13(17)4-9-21-15)12-3-7-20-16(10-12)5-8-19-11-16/h4,9,12,14,18H,2-3,5-8,10-11H2,1H3. The van der Waals surface area contributed by atoms with Gasteiger partial charge in [0.2, 0.25) is 0 Å². The van der Waals surface area contributed by atoms with Gasteiger partial charge in [0.15, 0.2) is 0 Å². The number of halogens is 1. The van der Waals surface area contributed by atoms with Gasteiger partial charge < -0.3 is 14.8 Å². The van der Waals surface area contributed by atoms with E-state index >= 15 is 0 Å². The lowest BCUT2D eigenvalue weighted by Crippen LogP contribution is -2.44. The van der Waals surface area contributed by atoms with Crippen LogP contribution in [-0.4, -0.2) is 32.0 Å². The summed E-state index contributed by atoms with van der Waals surface area (Å²) in [5.74, 6) is 0.627. The highest BCUT2D eigenvalue weighted by molar-refractivity contribution is 9.10. The van der Waals surface area contributed by atoms with Crippen LogP contribution in [0.25, 0.3) is 0 Å². The van der Waals surface area contributed by atoms with Gasteiger partial charge in [-0.15, -0.1) is 11.3 Å². The summed E-state index contributed by atoms with van der Waals surface area (Å²) in [4.78, 5) is 1.43. The van der Waals surface area contributed by atoms with Crippen molar-refractivity contribution in [2.75, 3.05) is 26.4 Å². The van der Waals surface area contributed by atoms with Crippen molar-refractivity contribution in [3.63, 3.8) is 0 Å². The monoisotopic (exact) mass is 373 g/mol. The molecule has 0 amide bonds. The van der Waals surface area contributed by atoms with Crippen molar-refractivity contribution in [1.29, 1.82) is 0 Å². The zero-order chi connectivity index (χ0) is 14.7. The average Bonchev–Trinajstić information content (AvgIpc) is 3.10. The first kappa shape index (κ1) is 15.9.